The van der Waals surface area contributed by atoms with Crippen molar-refractivity contribution in [1.82, 2.24) is 25.2 Å². The van der Waals surface area contributed by atoms with E-state index in [1.807, 2.05) is 11.0 Å². The smallest absolute Gasteiger partial charge is 0.272 e. The number of carbonyl (C=O) groups excluding carboxylic acids is 1. The Labute approximate surface area is 129 Å². The van der Waals surface area contributed by atoms with Crippen LogP contribution in [0.5, 0.6) is 0 Å². The third-order valence-corrected chi connectivity index (χ3v) is 4.84. The second-order valence-electron chi connectivity index (χ2n) is 6.35. The standard InChI is InChI=1S/C16H19N5O/c22-15(13-3-2-12-14(20-13)19-8-7-18-12)21-9-5-16(11-21)4-1-6-17-10-16/h2-3,7-8,17H,1,4-6,9-11H2. The molecule has 2 saturated heterocycles. The number of likely N-dealkylation sites (tertiary alicyclic amines) is 1. The fourth-order valence-corrected chi connectivity index (χ4v) is 3.62. The Kier molecular flexibility index (Phi) is 3.26. The molecular weight excluding hydrogens is 278 g/mol. The zero-order valence-corrected chi connectivity index (χ0v) is 12.5. The van der Waals surface area contributed by atoms with E-state index in [0.717, 1.165) is 32.6 Å². The van der Waals surface area contributed by atoms with Crippen LogP contribution in [0.25, 0.3) is 11.2 Å². The minimum atomic E-state index is 0.00926. The number of carbonyl (C=O) groups is 1. The monoisotopic (exact) mass is 297 g/mol. The number of aromatic nitrogens is 3. The highest BCUT2D eigenvalue weighted by Crippen LogP contribution is 2.36. The first kappa shape index (κ1) is 13.6. The van der Waals surface area contributed by atoms with Crippen LogP contribution in [0.2, 0.25) is 0 Å². The van der Waals surface area contributed by atoms with Gasteiger partial charge in [0.2, 0.25) is 0 Å². The van der Waals surface area contributed by atoms with Crippen molar-refractivity contribution >= 4 is 17.1 Å². The van der Waals surface area contributed by atoms with Gasteiger partial charge < -0.3 is 10.2 Å². The van der Waals surface area contributed by atoms with Crippen LogP contribution < -0.4 is 5.32 Å². The van der Waals surface area contributed by atoms with Crippen molar-refractivity contribution in [2.45, 2.75) is 19.3 Å². The fourth-order valence-electron chi connectivity index (χ4n) is 3.62. The first-order chi connectivity index (χ1) is 10.8. The minimum Gasteiger partial charge on any atom is -0.337 e. The van der Waals surface area contributed by atoms with Gasteiger partial charge in [0.1, 0.15) is 11.2 Å². The van der Waals surface area contributed by atoms with Crippen LogP contribution in [0, 0.1) is 5.41 Å². The largest absolute Gasteiger partial charge is 0.337 e. The molecule has 2 aromatic rings. The van der Waals surface area contributed by atoms with Crippen molar-refractivity contribution in [2.24, 2.45) is 5.41 Å². The molecular formula is C16H19N5O. The zero-order valence-electron chi connectivity index (χ0n) is 12.5. The van der Waals surface area contributed by atoms with E-state index in [0.29, 0.717) is 16.9 Å². The molecule has 114 valence electrons. The lowest BCUT2D eigenvalue weighted by Gasteiger charge is -2.33. The molecule has 1 spiro atoms. The molecule has 0 radical (unpaired) electrons. The summed E-state index contributed by atoms with van der Waals surface area (Å²) in [5.74, 6) is 0.00926. The number of hydrogen-bond donors (Lipinski definition) is 1. The highest BCUT2D eigenvalue weighted by atomic mass is 16.2. The lowest BCUT2D eigenvalue weighted by atomic mass is 9.80. The lowest BCUT2D eigenvalue weighted by molar-refractivity contribution is 0.0759. The molecule has 2 aliphatic rings. The van der Waals surface area contributed by atoms with Crippen LogP contribution in [0.1, 0.15) is 29.8 Å². The second kappa shape index (κ2) is 5.28. The Bertz CT molecular complexity index is 711. The van der Waals surface area contributed by atoms with Gasteiger partial charge in [0, 0.05) is 37.4 Å². The predicted octanol–water partition coefficient (Wildman–Crippen LogP) is 1.24. The van der Waals surface area contributed by atoms with E-state index in [1.54, 1.807) is 18.5 Å². The molecule has 2 fully saturated rings. The Balaban J connectivity index is 1.56. The SMILES string of the molecule is O=C(c1ccc2nccnc2n1)N1CCC2(CCCNC2)C1. The summed E-state index contributed by atoms with van der Waals surface area (Å²) in [7, 11) is 0. The summed E-state index contributed by atoms with van der Waals surface area (Å²) in [5, 5.41) is 3.47. The molecule has 1 atom stereocenters. The first-order valence-electron chi connectivity index (χ1n) is 7.84. The second-order valence-corrected chi connectivity index (χ2v) is 6.35. The van der Waals surface area contributed by atoms with Crippen LogP contribution in [-0.2, 0) is 0 Å². The topological polar surface area (TPSA) is 71.0 Å². The molecule has 0 saturated carbocycles. The number of piperidine rings is 1. The lowest BCUT2D eigenvalue weighted by Crippen LogP contribution is -2.42. The molecule has 22 heavy (non-hydrogen) atoms. The third kappa shape index (κ3) is 2.33. The number of fused-ring (bicyclic) bond motifs is 1. The molecule has 6 heteroatoms. The Morgan fingerprint density at radius 1 is 1.23 bits per heavy atom. The summed E-state index contributed by atoms with van der Waals surface area (Å²) in [6, 6.07) is 3.57. The van der Waals surface area contributed by atoms with Gasteiger partial charge in [0.25, 0.3) is 5.91 Å². The van der Waals surface area contributed by atoms with E-state index < -0.39 is 0 Å². The Hall–Kier alpha value is -2.08. The van der Waals surface area contributed by atoms with Gasteiger partial charge in [-0.3, -0.25) is 9.78 Å². The van der Waals surface area contributed by atoms with Gasteiger partial charge in [-0.05, 0) is 37.9 Å². The highest BCUT2D eigenvalue weighted by Gasteiger charge is 2.40. The van der Waals surface area contributed by atoms with E-state index in [1.165, 1.54) is 12.8 Å². The molecule has 0 aliphatic carbocycles. The van der Waals surface area contributed by atoms with Crippen LogP contribution in [-0.4, -0.2) is 51.9 Å². The summed E-state index contributed by atoms with van der Waals surface area (Å²) in [5.41, 5.74) is 1.98. The first-order valence-corrected chi connectivity index (χ1v) is 7.84. The summed E-state index contributed by atoms with van der Waals surface area (Å²) in [6.07, 6.45) is 6.72. The van der Waals surface area contributed by atoms with Crippen molar-refractivity contribution in [3.63, 3.8) is 0 Å². The molecule has 4 heterocycles. The summed E-state index contributed by atoms with van der Waals surface area (Å²) < 4.78 is 0. The molecule has 1 unspecified atom stereocenters. The van der Waals surface area contributed by atoms with E-state index in [9.17, 15) is 4.79 Å². The van der Waals surface area contributed by atoms with Crippen molar-refractivity contribution in [3.05, 3.63) is 30.2 Å². The number of pyridine rings is 1. The number of rotatable bonds is 1. The van der Waals surface area contributed by atoms with E-state index in [2.05, 4.69) is 20.3 Å². The van der Waals surface area contributed by atoms with Crippen LogP contribution in [0.4, 0.5) is 0 Å². The van der Waals surface area contributed by atoms with Gasteiger partial charge in [-0.25, -0.2) is 9.97 Å². The molecule has 1 amide bonds. The predicted molar refractivity (Wildman–Crippen MR) is 82.4 cm³/mol. The van der Waals surface area contributed by atoms with Gasteiger partial charge in [-0.1, -0.05) is 0 Å². The normalized spacial score (nSPS) is 25.0. The molecule has 4 rings (SSSR count). The number of nitrogens with zero attached hydrogens (tertiary/aromatic N) is 4. The third-order valence-electron chi connectivity index (χ3n) is 4.84. The molecule has 1 N–H and O–H groups in total. The average Bonchev–Trinajstić information content (AvgIpc) is 2.98. The molecule has 2 aromatic heterocycles. The van der Waals surface area contributed by atoms with Gasteiger partial charge in [0.05, 0.1) is 0 Å². The van der Waals surface area contributed by atoms with E-state index >= 15 is 0 Å². The minimum absolute atomic E-state index is 0.00926. The van der Waals surface area contributed by atoms with Crippen molar-refractivity contribution in [3.8, 4) is 0 Å². The number of hydrogen-bond acceptors (Lipinski definition) is 5. The van der Waals surface area contributed by atoms with Gasteiger partial charge in [-0.2, -0.15) is 0 Å². The van der Waals surface area contributed by atoms with Crippen molar-refractivity contribution in [2.75, 3.05) is 26.2 Å². The molecule has 6 nitrogen and oxygen atoms in total. The fraction of sp³-hybridized carbons (Fsp3) is 0.500. The van der Waals surface area contributed by atoms with Crippen molar-refractivity contribution in [1.29, 1.82) is 0 Å². The van der Waals surface area contributed by atoms with Gasteiger partial charge in [-0.15, -0.1) is 0 Å². The zero-order chi connectivity index (χ0) is 15.0. The molecule has 0 aromatic carbocycles. The summed E-state index contributed by atoms with van der Waals surface area (Å²) in [4.78, 5) is 27.4. The summed E-state index contributed by atoms with van der Waals surface area (Å²) >= 11 is 0. The number of amides is 1. The van der Waals surface area contributed by atoms with Crippen LogP contribution >= 0.6 is 0 Å². The summed E-state index contributed by atoms with van der Waals surface area (Å²) in [6.45, 7) is 3.77. The van der Waals surface area contributed by atoms with E-state index in [4.69, 9.17) is 0 Å². The van der Waals surface area contributed by atoms with Crippen LogP contribution in [0.3, 0.4) is 0 Å². The average molecular weight is 297 g/mol. The van der Waals surface area contributed by atoms with Gasteiger partial charge >= 0.3 is 0 Å². The highest BCUT2D eigenvalue weighted by molar-refractivity contribution is 5.94. The van der Waals surface area contributed by atoms with Crippen LogP contribution in [0.15, 0.2) is 24.5 Å². The molecule has 2 aliphatic heterocycles. The Morgan fingerprint density at radius 2 is 2.14 bits per heavy atom. The van der Waals surface area contributed by atoms with E-state index in [-0.39, 0.29) is 11.3 Å². The number of nitrogens with one attached hydrogen (secondary N) is 1. The maximum absolute atomic E-state index is 12.7. The van der Waals surface area contributed by atoms with Gasteiger partial charge in [0.15, 0.2) is 5.65 Å². The Morgan fingerprint density at radius 3 is 3.00 bits per heavy atom. The maximum Gasteiger partial charge on any atom is 0.272 e. The molecule has 0 bridgehead atoms. The maximum atomic E-state index is 12.7. The van der Waals surface area contributed by atoms with Crippen molar-refractivity contribution < 1.29 is 4.79 Å². The quantitative estimate of drug-likeness (QED) is 0.857.